The Balaban J connectivity index is 1.83. The molecule has 12 heavy (non-hydrogen) atoms. The third kappa shape index (κ3) is 1.27. The zero-order valence-electron chi connectivity index (χ0n) is 7.16. The lowest BCUT2D eigenvalue weighted by Gasteiger charge is -2.29. The summed E-state index contributed by atoms with van der Waals surface area (Å²) in [5, 5.41) is 0. The van der Waals surface area contributed by atoms with Gasteiger partial charge in [-0.2, -0.15) is 0 Å². The van der Waals surface area contributed by atoms with Crippen LogP contribution < -0.4 is 0 Å². The number of ether oxygens (including phenoxy) is 2. The number of amides is 1. The molecule has 0 aliphatic carbocycles. The van der Waals surface area contributed by atoms with Gasteiger partial charge in [-0.15, -0.1) is 0 Å². The number of hydrogen-bond acceptors (Lipinski definition) is 3. The number of likely N-dealkylation sites (N-methyl/N-ethyl adjacent to an activating group) is 1. The van der Waals surface area contributed by atoms with Gasteiger partial charge in [0.2, 0.25) is 0 Å². The fraction of sp³-hybridized carbons (Fsp3) is 0.875. The highest BCUT2D eigenvalue weighted by Gasteiger charge is 2.33. The minimum absolute atomic E-state index is 0.194. The smallest absolute Gasteiger partial charge is 0.409 e. The average Bonchev–Trinajstić information content (AvgIpc) is 2.27. The summed E-state index contributed by atoms with van der Waals surface area (Å²) in [6, 6.07) is 0.270. The summed E-state index contributed by atoms with van der Waals surface area (Å²) in [5.41, 5.74) is 0. The Morgan fingerprint density at radius 2 is 2.25 bits per heavy atom. The molecule has 68 valence electrons. The van der Waals surface area contributed by atoms with Crippen LogP contribution in [0.5, 0.6) is 0 Å². The summed E-state index contributed by atoms with van der Waals surface area (Å²) in [6.45, 7) is 2.24. The standard InChI is InChI=1S/C8H13NO3/c1-9-7(5-12-8(9)10)2-6-3-11-4-6/h6-7H,2-5H2,1H3/t7-/m0/s1. The Hall–Kier alpha value is -0.770. The van der Waals surface area contributed by atoms with Gasteiger partial charge in [0.25, 0.3) is 0 Å². The molecule has 4 nitrogen and oxygen atoms in total. The summed E-state index contributed by atoms with van der Waals surface area (Å²) in [5.74, 6) is 0.631. The lowest BCUT2D eigenvalue weighted by Crippen LogP contribution is -2.37. The lowest BCUT2D eigenvalue weighted by atomic mass is 9.98. The molecule has 1 amide bonds. The molecule has 1 atom stereocenters. The zero-order chi connectivity index (χ0) is 8.55. The van der Waals surface area contributed by atoms with Gasteiger partial charge in [0, 0.05) is 13.0 Å². The molecule has 2 saturated heterocycles. The van der Waals surface area contributed by atoms with E-state index < -0.39 is 0 Å². The van der Waals surface area contributed by atoms with Gasteiger partial charge in [-0.05, 0) is 6.42 Å². The fourth-order valence-electron chi connectivity index (χ4n) is 1.56. The van der Waals surface area contributed by atoms with Crippen LogP contribution >= 0.6 is 0 Å². The number of cyclic esters (lactones) is 1. The molecule has 2 aliphatic rings. The Kier molecular flexibility index (Phi) is 1.92. The second-order valence-electron chi connectivity index (χ2n) is 3.48. The molecule has 0 spiro atoms. The van der Waals surface area contributed by atoms with E-state index in [0.29, 0.717) is 12.5 Å². The summed E-state index contributed by atoms with van der Waals surface area (Å²) in [4.78, 5) is 12.6. The minimum Gasteiger partial charge on any atom is -0.447 e. The largest absolute Gasteiger partial charge is 0.447 e. The highest BCUT2D eigenvalue weighted by Crippen LogP contribution is 2.22. The minimum atomic E-state index is -0.194. The maximum atomic E-state index is 10.9. The number of carbonyl (C=O) groups excluding carboxylic acids is 1. The van der Waals surface area contributed by atoms with Gasteiger partial charge in [0.05, 0.1) is 19.3 Å². The van der Waals surface area contributed by atoms with Crippen LogP contribution in [-0.4, -0.2) is 43.9 Å². The predicted octanol–water partition coefficient (Wildman–Crippen LogP) is 0.474. The van der Waals surface area contributed by atoms with E-state index in [0.717, 1.165) is 19.6 Å². The number of rotatable bonds is 2. The van der Waals surface area contributed by atoms with Crippen molar-refractivity contribution in [2.24, 2.45) is 5.92 Å². The number of hydrogen-bond donors (Lipinski definition) is 0. The quantitative estimate of drug-likeness (QED) is 0.606. The van der Waals surface area contributed by atoms with E-state index in [9.17, 15) is 4.79 Å². The van der Waals surface area contributed by atoms with Crippen molar-refractivity contribution in [2.45, 2.75) is 12.5 Å². The highest BCUT2D eigenvalue weighted by atomic mass is 16.6. The third-order valence-electron chi connectivity index (χ3n) is 2.55. The molecule has 0 saturated carbocycles. The first-order chi connectivity index (χ1) is 5.77. The van der Waals surface area contributed by atoms with E-state index >= 15 is 0 Å². The summed E-state index contributed by atoms with van der Waals surface area (Å²) < 4.78 is 9.96. The molecule has 4 heteroatoms. The molecule has 2 heterocycles. The number of carbonyl (C=O) groups is 1. The average molecular weight is 171 g/mol. The molecule has 0 aromatic rings. The van der Waals surface area contributed by atoms with Crippen molar-refractivity contribution in [1.82, 2.24) is 4.90 Å². The third-order valence-corrected chi connectivity index (χ3v) is 2.55. The second-order valence-corrected chi connectivity index (χ2v) is 3.48. The maximum absolute atomic E-state index is 10.9. The van der Waals surface area contributed by atoms with Gasteiger partial charge in [-0.3, -0.25) is 0 Å². The Morgan fingerprint density at radius 1 is 1.50 bits per heavy atom. The van der Waals surface area contributed by atoms with Crippen LogP contribution in [0.25, 0.3) is 0 Å². The van der Waals surface area contributed by atoms with E-state index in [-0.39, 0.29) is 12.1 Å². The van der Waals surface area contributed by atoms with Crippen LogP contribution in [0.2, 0.25) is 0 Å². The highest BCUT2D eigenvalue weighted by molar-refractivity contribution is 5.69. The molecule has 2 aliphatic heterocycles. The van der Waals surface area contributed by atoms with E-state index in [4.69, 9.17) is 9.47 Å². The molecular formula is C8H13NO3. The van der Waals surface area contributed by atoms with E-state index in [1.807, 2.05) is 0 Å². The Morgan fingerprint density at radius 3 is 2.67 bits per heavy atom. The van der Waals surface area contributed by atoms with E-state index in [1.165, 1.54) is 0 Å². The predicted molar refractivity (Wildman–Crippen MR) is 41.8 cm³/mol. The van der Waals surface area contributed by atoms with Crippen molar-refractivity contribution in [3.05, 3.63) is 0 Å². The van der Waals surface area contributed by atoms with Crippen molar-refractivity contribution in [2.75, 3.05) is 26.9 Å². The van der Waals surface area contributed by atoms with Crippen LogP contribution in [0.15, 0.2) is 0 Å². The SMILES string of the molecule is CN1C(=O)OC[C@@H]1CC1COC1. The van der Waals surface area contributed by atoms with Gasteiger partial charge < -0.3 is 14.4 Å². The van der Waals surface area contributed by atoms with E-state index in [2.05, 4.69) is 0 Å². The lowest BCUT2D eigenvalue weighted by molar-refractivity contribution is -0.0424. The molecule has 0 radical (unpaired) electrons. The molecule has 0 bridgehead atoms. The Bertz CT molecular complexity index is 191. The van der Waals surface area contributed by atoms with Crippen molar-refractivity contribution in [3.63, 3.8) is 0 Å². The van der Waals surface area contributed by atoms with Crippen molar-refractivity contribution in [1.29, 1.82) is 0 Å². The van der Waals surface area contributed by atoms with Gasteiger partial charge in [-0.1, -0.05) is 0 Å². The first-order valence-electron chi connectivity index (χ1n) is 4.24. The van der Waals surface area contributed by atoms with Crippen LogP contribution in [0.1, 0.15) is 6.42 Å². The molecule has 2 rings (SSSR count). The van der Waals surface area contributed by atoms with Gasteiger partial charge in [-0.25, -0.2) is 4.79 Å². The number of nitrogens with zero attached hydrogens (tertiary/aromatic N) is 1. The zero-order valence-corrected chi connectivity index (χ0v) is 7.16. The van der Waals surface area contributed by atoms with Crippen LogP contribution in [0, 0.1) is 5.92 Å². The van der Waals surface area contributed by atoms with Crippen molar-refractivity contribution < 1.29 is 14.3 Å². The van der Waals surface area contributed by atoms with Gasteiger partial charge in [0.15, 0.2) is 0 Å². The van der Waals surface area contributed by atoms with Crippen molar-refractivity contribution >= 4 is 6.09 Å². The van der Waals surface area contributed by atoms with Crippen LogP contribution in [-0.2, 0) is 9.47 Å². The first kappa shape index (κ1) is 7.86. The topological polar surface area (TPSA) is 38.8 Å². The molecular weight excluding hydrogens is 158 g/mol. The molecule has 0 N–H and O–H groups in total. The van der Waals surface area contributed by atoms with Crippen LogP contribution in [0.3, 0.4) is 0 Å². The monoisotopic (exact) mass is 171 g/mol. The second kappa shape index (κ2) is 2.94. The summed E-state index contributed by atoms with van der Waals surface area (Å²) in [7, 11) is 1.79. The normalized spacial score (nSPS) is 30.2. The molecule has 0 unspecified atom stereocenters. The molecule has 2 fully saturated rings. The van der Waals surface area contributed by atoms with E-state index in [1.54, 1.807) is 11.9 Å². The van der Waals surface area contributed by atoms with Crippen LogP contribution in [0.4, 0.5) is 4.79 Å². The first-order valence-corrected chi connectivity index (χ1v) is 4.24. The van der Waals surface area contributed by atoms with Gasteiger partial charge in [0.1, 0.15) is 6.61 Å². The molecule has 0 aromatic heterocycles. The molecule has 0 aromatic carbocycles. The Labute approximate surface area is 71.4 Å². The fourth-order valence-corrected chi connectivity index (χ4v) is 1.56. The van der Waals surface area contributed by atoms with Crippen molar-refractivity contribution in [3.8, 4) is 0 Å². The van der Waals surface area contributed by atoms with Gasteiger partial charge >= 0.3 is 6.09 Å². The maximum Gasteiger partial charge on any atom is 0.409 e. The summed E-state index contributed by atoms with van der Waals surface area (Å²) >= 11 is 0. The summed E-state index contributed by atoms with van der Waals surface area (Å²) in [6.07, 6.45) is 0.822.